The van der Waals surface area contributed by atoms with Crippen molar-refractivity contribution < 1.29 is 0 Å². The van der Waals surface area contributed by atoms with Crippen LogP contribution in [0.3, 0.4) is 0 Å². The van der Waals surface area contributed by atoms with Crippen molar-refractivity contribution in [2.45, 2.75) is 25.7 Å². The summed E-state index contributed by atoms with van der Waals surface area (Å²) in [6, 6.07) is 8.27. The second kappa shape index (κ2) is 4.59. The van der Waals surface area contributed by atoms with Crippen LogP contribution in [-0.2, 0) is 0 Å². The first-order valence-electron chi connectivity index (χ1n) is 6.02. The summed E-state index contributed by atoms with van der Waals surface area (Å²) in [6.45, 7) is 2.03. The Morgan fingerprint density at radius 2 is 1.94 bits per heavy atom. The maximum absolute atomic E-state index is 5.36. The molecule has 2 aromatic rings. The predicted octanol–water partition coefficient (Wildman–Crippen LogP) is 4.75. The fourth-order valence-electron chi connectivity index (χ4n) is 2.01. The smallest absolute Gasteiger partial charge is 0.133 e. The highest BCUT2D eigenvalue weighted by Gasteiger charge is 2.26. The molecule has 18 heavy (non-hydrogen) atoms. The Bertz CT molecular complexity index is 642. The van der Waals surface area contributed by atoms with E-state index in [2.05, 4.69) is 38.0 Å². The van der Waals surface area contributed by atoms with E-state index in [9.17, 15) is 0 Å². The fourth-order valence-corrected chi connectivity index (χ4v) is 2.47. The Morgan fingerprint density at radius 1 is 1.28 bits per heavy atom. The molecule has 92 valence electrons. The fraction of sp³-hybridized carbons (Fsp3) is 0.286. The molecule has 0 radical (unpaired) electrons. The third-order valence-electron chi connectivity index (χ3n) is 3.27. The molecule has 3 rings (SSSR count). The molecule has 1 heterocycles. The lowest BCUT2D eigenvalue weighted by Gasteiger charge is -2.09. The SMILES string of the molecule is Cc1c(-c2ccc(Br)cc2)[nH]c(C2CC2)nc1=S. The van der Waals surface area contributed by atoms with Gasteiger partial charge in [0.1, 0.15) is 10.5 Å². The number of rotatable bonds is 2. The Kier molecular flexibility index (Phi) is 3.08. The highest BCUT2D eigenvalue weighted by atomic mass is 79.9. The van der Waals surface area contributed by atoms with Crippen molar-refractivity contribution in [1.82, 2.24) is 9.97 Å². The van der Waals surface area contributed by atoms with Crippen LogP contribution < -0.4 is 0 Å². The topological polar surface area (TPSA) is 28.7 Å². The van der Waals surface area contributed by atoms with Gasteiger partial charge in [-0.3, -0.25) is 0 Å². The van der Waals surface area contributed by atoms with Gasteiger partial charge < -0.3 is 4.98 Å². The van der Waals surface area contributed by atoms with E-state index >= 15 is 0 Å². The van der Waals surface area contributed by atoms with Crippen molar-refractivity contribution in [1.29, 1.82) is 0 Å². The summed E-state index contributed by atoms with van der Waals surface area (Å²) in [5, 5.41) is 0. The second-order valence-corrected chi connectivity index (χ2v) is 6.01. The molecule has 0 aliphatic heterocycles. The Balaban J connectivity index is 2.15. The van der Waals surface area contributed by atoms with Crippen LogP contribution in [0.15, 0.2) is 28.7 Å². The van der Waals surface area contributed by atoms with Crippen molar-refractivity contribution in [3.63, 3.8) is 0 Å². The molecule has 0 saturated heterocycles. The number of hydrogen-bond acceptors (Lipinski definition) is 2. The number of halogens is 1. The van der Waals surface area contributed by atoms with Crippen LogP contribution >= 0.6 is 28.1 Å². The van der Waals surface area contributed by atoms with Gasteiger partial charge in [-0.25, -0.2) is 4.98 Å². The maximum Gasteiger partial charge on any atom is 0.133 e. The van der Waals surface area contributed by atoms with Gasteiger partial charge in [-0.15, -0.1) is 0 Å². The van der Waals surface area contributed by atoms with Gasteiger partial charge in [0.2, 0.25) is 0 Å². The third-order valence-corrected chi connectivity index (χ3v) is 4.19. The molecule has 1 aliphatic carbocycles. The summed E-state index contributed by atoms with van der Waals surface area (Å²) >= 11 is 8.82. The van der Waals surface area contributed by atoms with Gasteiger partial charge in [-0.05, 0) is 37.5 Å². The normalized spacial score (nSPS) is 14.8. The number of aromatic amines is 1. The summed E-state index contributed by atoms with van der Waals surface area (Å²) in [5.74, 6) is 1.63. The van der Waals surface area contributed by atoms with Crippen molar-refractivity contribution >= 4 is 28.1 Å². The zero-order valence-electron chi connectivity index (χ0n) is 10.0. The molecule has 0 bridgehead atoms. The van der Waals surface area contributed by atoms with E-state index in [4.69, 9.17) is 12.2 Å². The molecule has 1 N–H and O–H groups in total. The third kappa shape index (κ3) is 2.27. The van der Waals surface area contributed by atoms with E-state index in [-0.39, 0.29) is 0 Å². The Morgan fingerprint density at radius 3 is 2.56 bits per heavy atom. The molecule has 0 atom stereocenters. The maximum atomic E-state index is 5.36. The number of benzene rings is 1. The minimum absolute atomic E-state index is 0.585. The standard InChI is InChI=1S/C14H13BrN2S/c1-8-12(9-4-6-11(15)7-5-9)16-13(10-2-3-10)17-14(8)18/h4-7,10H,2-3H2,1H3,(H,16,17,18). The summed E-state index contributed by atoms with van der Waals surface area (Å²) in [5.41, 5.74) is 3.31. The molecule has 0 unspecified atom stereocenters. The van der Waals surface area contributed by atoms with E-state index in [1.807, 2.05) is 19.1 Å². The number of nitrogens with zero attached hydrogens (tertiary/aromatic N) is 1. The molecule has 0 spiro atoms. The van der Waals surface area contributed by atoms with Gasteiger partial charge in [0.15, 0.2) is 0 Å². The summed E-state index contributed by atoms with van der Waals surface area (Å²) in [4.78, 5) is 7.95. The molecule has 1 saturated carbocycles. The molecular weight excluding hydrogens is 308 g/mol. The molecule has 1 aliphatic rings. The van der Waals surface area contributed by atoms with Gasteiger partial charge >= 0.3 is 0 Å². The minimum Gasteiger partial charge on any atom is -0.343 e. The zero-order chi connectivity index (χ0) is 12.7. The van der Waals surface area contributed by atoms with Crippen molar-refractivity contribution in [2.24, 2.45) is 0 Å². The van der Waals surface area contributed by atoms with Crippen molar-refractivity contribution in [3.8, 4) is 11.3 Å². The number of aromatic nitrogens is 2. The van der Waals surface area contributed by atoms with E-state index in [0.717, 1.165) is 27.1 Å². The van der Waals surface area contributed by atoms with Crippen LogP contribution in [0.1, 0.15) is 30.1 Å². The first-order valence-corrected chi connectivity index (χ1v) is 7.22. The van der Waals surface area contributed by atoms with E-state index < -0.39 is 0 Å². The van der Waals surface area contributed by atoms with E-state index in [1.54, 1.807) is 0 Å². The average molecular weight is 321 g/mol. The zero-order valence-corrected chi connectivity index (χ0v) is 12.4. The second-order valence-electron chi connectivity index (χ2n) is 4.71. The van der Waals surface area contributed by atoms with Crippen LogP contribution in [0, 0.1) is 11.6 Å². The van der Waals surface area contributed by atoms with Crippen LogP contribution in [0.4, 0.5) is 0 Å². The first-order chi connectivity index (χ1) is 8.65. The summed E-state index contributed by atoms with van der Waals surface area (Å²) < 4.78 is 1.80. The van der Waals surface area contributed by atoms with Gasteiger partial charge in [-0.2, -0.15) is 0 Å². The molecule has 1 aromatic carbocycles. The Hall–Kier alpha value is -1.00. The minimum atomic E-state index is 0.585. The monoisotopic (exact) mass is 320 g/mol. The molecular formula is C14H13BrN2S. The lowest BCUT2D eigenvalue weighted by molar-refractivity contribution is 0.914. The highest BCUT2D eigenvalue weighted by molar-refractivity contribution is 9.10. The molecule has 1 fully saturated rings. The van der Waals surface area contributed by atoms with Crippen molar-refractivity contribution in [2.75, 3.05) is 0 Å². The van der Waals surface area contributed by atoms with Crippen LogP contribution in [-0.4, -0.2) is 9.97 Å². The average Bonchev–Trinajstić information content (AvgIpc) is 3.18. The lowest BCUT2D eigenvalue weighted by Crippen LogP contribution is -1.99. The van der Waals surface area contributed by atoms with Crippen LogP contribution in [0.5, 0.6) is 0 Å². The summed E-state index contributed by atoms with van der Waals surface area (Å²) in [7, 11) is 0. The van der Waals surface area contributed by atoms with Gasteiger partial charge in [0.05, 0.1) is 5.69 Å². The van der Waals surface area contributed by atoms with Crippen LogP contribution in [0.25, 0.3) is 11.3 Å². The first kappa shape index (κ1) is 12.1. The Labute approximate surface area is 120 Å². The number of H-pyrrole nitrogens is 1. The van der Waals surface area contributed by atoms with E-state index in [1.165, 1.54) is 12.8 Å². The molecule has 0 amide bonds. The quantitative estimate of drug-likeness (QED) is 0.808. The molecule has 1 aromatic heterocycles. The van der Waals surface area contributed by atoms with Crippen LogP contribution in [0.2, 0.25) is 0 Å². The summed E-state index contributed by atoms with van der Waals surface area (Å²) in [6.07, 6.45) is 2.45. The highest BCUT2D eigenvalue weighted by Crippen LogP contribution is 2.39. The molecule has 2 nitrogen and oxygen atoms in total. The van der Waals surface area contributed by atoms with E-state index in [0.29, 0.717) is 10.6 Å². The largest absolute Gasteiger partial charge is 0.343 e. The van der Waals surface area contributed by atoms with Gasteiger partial charge in [-0.1, -0.05) is 40.3 Å². The van der Waals surface area contributed by atoms with Crippen molar-refractivity contribution in [3.05, 3.63) is 44.8 Å². The molecule has 4 heteroatoms. The number of nitrogens with one attached hydrogen (secondary N) is 1. The predicted molar refractivity (Wildman–Crippen MR) is 79.3 cm³/mol. The van der Waals surface area contributed by atoms with Gasteiger partial charge in [0.25, 0.3) is 0 Å². The number of hydrogen-bond donors (Lipinski definition) is 1. The van der Waals surface area contributed by atoms with Gasteiger partial charge in [0, 0.05) is 16.0 Å². The lowest BCUT2D eigenvalue weighted by atomic mass is 10.1.